The van der Waals surface area contributed by atoms with E-state index in [9.17, 15) is 13.2 Å². The maximum Gasteiger partial charge on any atom is 0.408 e. The first kappa shape index (κ1) is 25.6. The second-order valence-electron chi connectivity index (χ2n) is 9.09. The molecule has 0 bridgehead atoms. The fourth-order valence-electron chi connectivity index (χ4n) is 4.92. The molecule has 11 heteroatoms. The number of pyridine rings is 2. The zero-order valence-electron chi connectivity index (χ0n) is 18.7. The fraction of sp³-hybridized carbons (Fsp3) is 0.375. The van der Waals surface area contributed by atoms with E-state index in [1.165, 1.54) is 22.7 Å². The van der Waals surface area contributed by atoms with Gasteiger partial charge in [-0.3, -0.25) is 9.30 Å². The molecule has 1 saturated carbocycles. The second kappa shape index (κ2) is 9.54. The Morgan fingerprint density at radius 3 is 2.46 bits per heavy atom. The van der Waals surface area contributed by atoms with Crippen LogP contribution in [0.25, 0.3) is 28.1 Å². The first-order valence-corrected chi connectivity index (χ1v) is 11.2. The summed E-state index contributed by atoms with van der Waals surface area (Å²) in [6, 6.07) is 11.1. The molecule has 186 valence electrons. The topological polar surface area (TPSA) is 72.3 Å². The molecule has 0 radical (unpaired) electrons. The maximum atomic E-state index is 14.1. The summed E-state index contributed by atoms with van der Waals surface area (Å²) in [4.78, 5) is 6.28. The van der Waals surface area contributed by atoms with Crippen molar-refractivity contribution in [1.29, 1.82) is 0 Å². The van der Waals surface area contributed by atoms with Crippen molar-refractivity contribution >= 4 is 41.4 Å². The molecular formula is C24H25Cl2F3N6. The second-order valence-corrected chi connectivity index (χ2v) is 9.09. The summed E-state index contributed by atoms with van der Waals surface area (Å²) in [5.41, 5.74) is 9.24. The third-order valence-electron chi connectivity index (χ3n) is 6.67. The molecule has 35 heavy (non-hydrogen) atoms. The van der Waals surface area contributed by atoms with Gasteiger partial charge in [0.15, 0.2) is 11.5 Å². The van der Waals surface area contributed by atoms with Gasteiger partial charge in [-0.2, -0.15) is 13.2 Å². The summed E-state index contributed by atoms with van der Waals surface area (Å²) < 4.78 is 43.9. The average Bonchev–Trinajstić information content (AvgIpc) is 3.41. The normalized spacial score (nSPS) is 19.5. The number of hydrogen-bond donors (Lipinski definition) is 1. The Kier molecular flexibility index (Phi) is 6.98. The Morgan fingerprint density at radius 2 is 1.77 bits per heavy atom. The highest BCUT2D eigenvalue weighted by atomic mass is 35.5. The van der Waals surface area contributed by atoms with E-state index in [0.29, 0.717) is 36.0 Å². The number of nitrogens with zero attached hydrogens (tertiary/aromatic N) is 5. The molecule has 0 unspecified atom stereocenters. The minimum Gasteiger partial charge on any atom is -0.326 e. The van der Waals surface area contributed by atoms with Gasteiger partial charge in [0.2, 0.25) is 0 Å². The summed E-state index contributed by atoms with van der Waals surface area (Å²) in [5.74, 6) is 0.955. The van der Waals surface area contributed by atoms with Crippen molar-refractivity contribution < 1.29 is 13.2 Å². The number of benzene rings is 1. The fourth-order valence-corrected chi connectivity index (χ4v) is 4.92. The van der Waals surface area contributed by atoms with Gasteiger partial charge in [-0.25, -0.2) is 4.98 Å². The van der Waals surface area contributed by atoms with Gasteiger partial charge in [0.25, 0.3) is 0 Å². The van der Waals surface area contributed by atoms with Gasteiger partial charge >= 0.3 is 6.18 Å². The van der Waals surface area contributed by atoms with Gasteiger partial charge in [0.1, 0.15) is 11.7 Å². The highest BCUT2D eigenvalue weighted by Crippen LogP contribution is 2.43. The quantitative estimate of drug-likeness (QED) is 0.392. The predicted octanol–water partition coefficient (Wildman–Crippen LogP) is 5.30. The zero-order chi connectivity index (χ0) is 22.7. The molecule has 6 rings (SSSR count). The number of nitrogens with two attached hydrogens (primary N) is 1. The van der Waals surface area contributed by atoms with Crippen LogP contribution in [0.5, 0.6) is 0 Å². The summed E-state index contributed by atoms with van der Waals surface area (Å²) in [6.07, 6.45) is -0.0723. The molecule has 2 atom stereocenters. The van der Waals surface area contributed by atoms with E-state index in [2.05, 4.69) is 16.3 Å². The van der Waals surface area contributed by atoms with E-state index in [4.69, 9.17) is 10.7 Å². The van der Waals surface area contributed by atoms with Crippen molar-refractivity contribution in [3.63, 3.8) is 0 Å². The highest BCUT2D eigenvalue weighted by Gasteiger charge is 2.46. The van der Waals surface area contributed by atoms with Crippen molar-refractivity contribution in [1.82, 2.24) is 24.5 Å². The van der Waals surface area contributed by atoms with E-state index in [-0.39, 0.29) is 43.0 Å². The Labute approximate surface area is 212 Å². The first-order chi connectivity index (χ1) is 15.9. The smallest absolute Gasteiger partial charge is 0.326 e. The van der Waals surface area contributed by atoms with E-state index in [1.54, 1.807) is 10.5 Å². The number of halogens is 5. The summed E-state index contributed by atoms with van der Waals surface area (Å²) in [5, 5.41) is 9.49. The Bertz CT molecular complexity index is 1350. The summed E-state index contributed by atoms with van der Waals surface area (Å²) >= 11 is 0. The number of fused-ring (bicyclic) bond motifs is 2. The zero-order valence-corrected chi connectivity index (χ0v) is 20.3. The van der Waals surface area contributed by atoms with Gasteiger partial charge in [-0.05, 0) is 48.4 Å². The van der Waals surface area contributed by atoms with Crippen LogP contribution in [0, 0.1) is 0 Å². The molecule has 2 fully saturated rings. The third-order valence-corrected chi connectivity index (χ3v) is 6.67. The van der Waals surface area contributed by atoms with Crippen LogP contribution in [0.15, 0.2) is 48.7 Å². The molecule has 4 aromatic rings. The van der Waals surface area contributed by atoms with E-state index in [1.807, 2.05) is 24.3 Å². The molecule has 1 aliphatic carbocycles. The van der Waals surface area contributed by atoms with Crippen LogP contribution in [0.4, 0.5) is 13.2 Å². The summed E-state index contributed by atoms with van der Waals surface area (Å²) in [7, 11) is 0. The third kappa shape index (κ3) is 4.70. The standard InChI is InChI=1S/C24H23F3N6.2ClH/c25-24(26,27)22(32-11-10-17(28)13-32)16-7-9-20-30-31-23(33(20)12-16)19-8-6-15-2-1-3-18(14-4-5-14)21(15)29-19;;/h1-3,6-9,12,14,17,22H,4-5,10-11,13,28H2;2*1H/t17-,22-;;/m1../s1. The molecule has 0 amide bonds. The van der Waals surface area contributed by atoms with E-state index >= 15 is 0 Å². The average molecular weight is 525 g/mol. The van der Waals surface area contributed by atoms with E-state index < -0.39 is 12.2 Å². The monoisotopic (exact) mass is 524 g/mol. The van der Waals surface area contributed by atoms with Crippen LogP contribution in [0.1, 0.15) is 42.3 Å². The molecular weight excluding hydrogens is 500 g/mol. The lowest BCUT2D eigenvalue weighted by Crippen LogP contribution is -2.38. The highest BCUT2D eigenvalue weighted by molar-refractivity contribution is 5.86. The lowest BCUT2D eigenvalue weighted by molar-refractivity contribution is -0.183. The van der Waals surface area contributed by atoms with E-state index in [0.717, 1.165) is 23.7 Å². The number of rotatable bonds is 4. The molecule has 2 aliphatic rings. The number of likely N-dealkylation sites (tertiary alicyclic amines) is 1. The lowest BCUT2D eigenvalue weighted by atomic mass is 10.1. The number of para-hydroxylation sites is 1. The first-order valence-electron chi connectivity index (χ1n) is 11.2. The van der Waals surface area contributed by atoms with Gasteiger partial charge in [-0.15, -0.1) is 35.0 Å². The number of aromatic nitrogens is 4. The molecule has 1 aliphatic heterocycles. The predicted molar refractivity (Wildman–Crippen MR) is 133 cm³/mol. The molecule has 3 aromatic heterocycles. The number of alkyl halides is 3. The van der Waals surface area contributed by atoms with Crippen molar-refractivity contribution in [2.45, 2.75) is 43.4 Å². The van der Waals surface area contributed by atoms with Crippen LogP contribution in [0.3, 0.4) is 0 Å². The molecule has 1 aromatic carbocycles. The largest absolute Gasteiger partial charge is 0.408 e. The molecule has 2 N–H and O–H groups in total. The van der Waals surface area contributed by atoms with Crippen molar-refractivity contribution in [3.8, 4) is 11.5 Å². The van der Waals surface area contributed by atoms with Crippen LogP contribution in [0.2, 0.25) is 0 Å². The van der Waals surface area contributed by atoms with Gasteiger partial charge in [-0.1, -0.05) is 30.3 Å². The van der Waals surface area contributed by atoms with Crippen molar-refractivity contribution in [2.75, 3.05) is 13.1 Å². The Morgan fingerprint density at radius 1 is 0.971 bits per heavy atom. The number of hydrogen-bond acceptors (Lipinski definition) is 5. The van der Waals surface area contributed by atoms with Gasteiger partial charge in [0, 0.05) is 30.7 Å². The summed E-state index contributed by atoms with van der Waals surface area (Å²) in [6.45, 7) is 0.530. The SMILES string of the molecule is Cl.Cl.N[C@@H]1CCN([C@H](c2ccc3nnc(-c4ccc5cccc(C6CC6)c5n4)n3c2)C(F)(F)F)C1. The Hall–Kier alpha value is -2.46. The minimum atomic E-state index is -4.42. The Balaban J connectivity index is 0.00000144. The van der Waals surface area contributed by atoms with Crippen LogP contribution >= 0.6 is 24.8 Å². The van der Waals surface area contributed by atoms with Crippen LogP contribution < -0.4 is 5.73 Å². The maximum absolute atomic E-state index is 14.1. The lowest BCUT2D eigenvalue weighted by Gasteiger charge is -2.30. The van der Waals surface area contributed by atoms with Gasteiger partial charge < -0.3 is 5.73 Å². The van der Waals surface area contributed by atoms with Gasteiger partial charge in [0.05, 0.1) is 5.52 Å². The molecule has 1 saturated heterocycles. The minimum absolute atomic E-state index is 0. The van der Waals surface area contributed by atoms with Crippen molar-refractivity contribution in [2.24, 2.45) is 5.73 Å². The van der Waals surface area contributed by atoms with Crippen LogP contribution in [-0.2, 0) is 0 Å². The van der Waals surface area contributed by atoms with Crippen LogP contribution in [-0.4, -0.2) is 49.8 Å². The molecule has 0 spiro atoms. The van der Waals surface area contributed by atoms with Crippen molar-refractivity contribution in [3.05, 3.63) is 59.8 Å². The molecule has 6 nitrogen and oxygen atoms in total. The molecule has 4 heterocycles.